The first-order valence-corrected chi connectivity index (χ1v) is 6.70. The summed E-state index contributed by atoms with van der Waals surface area (Å²) in [7, 11) is 0. The largest absolute Gasteiger partial charge is 0.478 e. The van der Waals surface area contributed by atoms with Gasteiger partial charge in [0, 0.05) is 5.39 Å². The first-order valence-electron chi connectivity index (χ1n) is 6.70. The number of carboxylic acid groups (broad SMARTS) is 1. The zero-order valence-corrected chi connectivity index (χ0v) is 11.6. The number of hydrogen-bond donors (Lipinski definition) is 2. The number of carbonyl (C=O) groups is 1. The smallest absolute Gasteiger partial charge is 0.335 e. The van der Waals surface area contributed by atoms with Gasteiger partial charge in [0.15, 0.2) is 0 Å². The average Bonchev–Trinajstić information content (AvgIpc) is 2.55. The molecule has 1 heterocycles. The van der Waals surface area contributed by atoms with Crippen LogP contribution in [0.5, 0.6) is 0 Å². The molecule has 108 valence electrons. The van der Waals surface area contributed by atoms with Crippen LogP contribution in [-0.4, -0.2) is 22.3 Å². The van der Waals surface area contributed by atoms with E-state index in [4.69, 9.17) is 5.11 Å². The summed E-state index contributed by atoms with van der Waals surface area (Å²) in [5, 5.41) is 14.0. The van der Waals surface area contributed by atoms with Crippen LogP contribution in [0, 0.1) is 0 Å². The molecule has 3 aromatic rings. The molecule has 0 aliphatic rings. The minimum Gasteiger partial charge on any atom is -0.478 e. The molecule has 0 atom stereocenters. The quantitative estimate of drug-likeness (QED) is 0.571. The second kappa shape index (κ2) is 6.05. The van der Waals surface area contributed by atoms with Crippen molar-refractivity contribution < 1.29 is 9.90 Å². The normalized spacial score (nSPS) is 10.9. The van der Waals surface area contributed by atoms with Crippen LogP contribution >= 0.6 is 0 Å². The van der Waals surface area contributed by atoms with Crippen LogP contribution in [0.4, 0.5) is 5.82 Å². The van der Waals surface area contributed by atoms with Crippen molar-refractivity contribution in [1.29, 1.82) is 0 Å². The fraction of sp³-hybridized carbons (Fsp3) is 0. The highest BCUT2D eigenvalue weighted by Gasteiger charge is 2.00. The van der Waals surface area contributed by atoms with E-state index in [9.17, 15) is 4.79 Å². The van der Waals surface area contributed by atoms with Gasteiger partial charge in [0.25, 0.3) is 0 Å². The number of aromatic nitrogens is 1. The highest BCUT2D eigenvalue weighted by atomic mass is 16.4. The standard InChI is InChI=1S/C17H13N3O2/c21-17(22)14-7-5-12(6-8-14)11-18-20-16-10-9-13-3-1-2-4-15(13)19-16/h1-11H,(H,19,20)(H,21,22)/b18-11+. The van der Waals surface area contributed by atoms with Crippen LogP contribution in [0.2, 0.25) is 0 Å². The third-order valence-electron chi connectivity index (χ3n) is 3.15. The SMILES string of the molecule is O=C(O)c1ccc(/C=N/Nc2ccc3ccccc3n2)cc1. The van der Waals surface area contributed by atoms with Gasteiger partial charge in [-0.1, -0.05) is 30.3 Å². The average molecular weight is 291 g/mol. The first-order chi connectivity index (χ1) is 10.7. The Hall–Kier alpha value is -3.21. The second-order valence-corrected chi connectivity index (χ2v) is 4.69. The number of nitrogens with one attached hydrogen (secondary N) is 1. The van der Waals surface area contributed by atoms with Gasteiger partial charge < -0.3 is 5.11 Å². The molecule has 5 nitrogen and oxygen atoms in total. The summed E-state index contributed by atoms with van der Waals surface area (Å²) in [6, 6.07) is 18.1. The van der Waals surface area contributed by atoms with Gasteiger partial charge in [-0.15, -0.1) is 0 Å². The molecule has 0 saturated carbocycles. The molecule has 0 aliphatic heterocycles. The molecule has 0 unspecified atom stereocenters. The van der Waals surface area contributed by atoms with E-state index in [2.05, 4.69) is 15.5 Å². The van der Waals surface area contributed by atoms with Crippen molar-refractivity contribution in [3.63, 3.8) is 0 Å². The number of nitrogens with zero attached hydrogens (tertiary/aromatic N) is 2. The van der Waals surface area contributed by atoms with E-state index in [1.807, 2.05) is 36.4 Å². The van der Waals surface area contributed by atoms with Crippen molar-refractivity contribution >= 4 is 28.9 Å². The van der Waals surface area contributed by atoms with Crippen molar-refractivity contribution in [1.82, 2.24) is 4.98 Å². The summed E-state index contributed by atoms with van der Waals surface area (Å²) in [5.74, 6) is -0.293. The molecular formula is C17H13N3O2. The minimum atomic E-state index is -0.943. The van der Waals surface area contributed by atoms with Gasteiger partial charge in [-0.05, 0) is 35.9 Å². The Kier molecular flexibility index (Phi) is 3.78. The molecule has 0 spiro atoms. The maximum absolute atomic E-state index is 10.8. The minimum absolute atomic E-state index is 0.251. The number of hydrogen-bond acceptors (Lipinski definition) is 4. The van der Waals surface area contributed by atoms with E-state index >= 15 is 0 Å². The van der Waals surface area contributed by atoms with Crippen molar-refractivity contribution in [2.24, 2.45) is 5.10 Å². The summed E-state index contributed by atoms with van der Waals surface area (Å²) in [6.07, 6.45) is 1.61. The molecule has 0 saturated heterocycles. The fourth-order valence-corrected chi connectivity index (χ4v) is 2.01. The highest BCUT2D eigenvalue weighted by molar-refractivity contribution is 5.89. The maximum Gasteiger partial charge on any atom is 0.335 e. The monoisotopic (exact) mass is 291 g/mol. The number of rotatable bonds is 4. The summed E-state index contributed by atoms with van der Waals surface area (Å²) in [6.45, 7) is 0. The summed E-state index contributed by atoms with van der Waals surface area (Å²) >= 11 is 0. The molecule has 22 heavy (non-hydrogen) atoms. The van der Waals surface area contributed by atoms with E-state index in [-0.39, 0.29) is 5.56 Å². The summed E-state index contributed by atoms with van der Waals surface area (Å²) in [4.78, 5) is 15.2. The predicted molar refractivity (Wildman–Crippen MR) is 86.4 cm³/mol. The number of fused-ring (bicyclic) bond motifs is 1. The molecule has 0 amide bonds. The molecule has 0 fully saturated rings. The first kappa shape index (κ1) is 13.8. The topological polar surface area (TPSA) is 74.6 Å². The van der Waals surface area contributed by atoms with Gasteiger partial charge in [0.05, 0.1) is 17.3 Å². The Bertz CT molecular complexity index is 842. The number of anilines is 1. The van der Waals surface area contributed by atoms with Gasteiger partial charge in [-0.3, -0.25) is 5.43 Å². The number of benzene rings is 2. The van der Waals surface area contributed by atoms with E-state index in [0.717, 1.165) is 16.5 Å². The number of pyridine rings is 1. The van der Waals surface area contributed by atoms with Crippen molar-refractivity contribution in [3.05, 3.63) is 71.8 Å². The number of para-hydroxylation sites is 1. The molecule has 0 aliphatic carbocycles. The van der Waals surface area contributed by atoms with E-state index in [0.29, 0.717) is 5.82 Å². The van der Waals surface area contributed by atoms with Crippen LogP contribution in [0.15, 0.2) is 65.8 Å². The molecule has 2 N–H and O–H groups in total. The van der Waals surface area contributed by atoms with Crippen LogP contribution in [0.3, 0.4) is 0 Å². The lowest BCUT2D eigenvalue weighted by molar-refractivity contribution is 0.0697. The van der Waals surface area contributed by atoms with E-state index in [1.165, 1.54) is 12.1 Å². The molecule has 3 rings (SSSR count). The molecule has 5 heteroatoms. The van der Waals surface area contributed by atoms with E-state index in [1.54, 1.807) is 18.3 Å². The van der Waals surface area contributed by atoms with Gasteiger partial charge in [0.2, 0.25) is 0 Å². The van der Waals surface area contributed by atoms with Crippen LogP contribution in [0.1, 0.15) is 15.9 Å². The fourth-order valence-electron chi connectivity index (χ4n) is 2.01. The van der Waals surface area contributed by atoms with Gasteiger partial charge in [-0.25, -0.2) is 9.78 Å². The Morgan fingerprint density at radius 2 is 1.82 bits per heavy atom. The van der Waals surface area contributed by atoms with E-state index < -0.39 is 5.97 Å². The summed E-state index contributed by atoms with van der Waals surface area (Å²) in [5.41, 5.74) is 4.82. The van der Waals surface area contributed by atoms with Crippen LogP contribution < -0.4 is 5.43 Å². The lowest BCUT2D eigenvalue weighted by atomic mass is 10.1. The van der Waals surface area contributed by atoms with Crippen molar-refractivity contribution in [2.75, 3.05) is 5.43 Å². The molecule has 1 aromatic heterocycles. The number of aromatic carboxylic acids is 1. The van der Waals surface area contributed by atoms with Crippen molar-refractivity contribution in [3.8, 4) is 0 Å². The van der Waals surface area contributed by atoms with Gasteiger partial charge in [-0.2, -0.15) is 5.10 Å². The van der Waals surface area contributed by atoms with Crippen molar-refractivity contribution in [2.45, 2.75) is 0 Å². The number of hydrazone groups is 1. The maximum atomic E-state index is 10.8. The van der Waals surface area contributed by atoms with Gasteiger partial charge in [0.1, 0.15) is 5.82 Å². The Balaban J connectivity index is 1.71. The zero-order chi connectivity index (χ0) is 15.4. The highest BCUT2D eigenvalue weighted by Crippen LogP contribution is 2.14. The Morgan fingerprint density at radius 1 is 1.05 bits per heavy atom. The van der Waals surface area contributed by atoms with Gasteiger partial charge >= 0.3 is 5.97 Å². The number of carboxylic acids is 1. The molecule has 0 radical (unpaired) electrons. The second-order valence-electron chi connectivity index (χ2n) is 4.69. The molecular weight excluding hydrogens is 278 g/mol. The van der Waals surface area contributed by atoms with Crippen LogP contribution in [-0.2, 0) is 0 Å². The third-order valence-corrected chi connectivity index (χ3v) is 3.15. The molecule has 2 aromatic carbocycles. The Labute approximate surface area is 126 Å². The predicted octanol–water partition coefficient (Wildman–Crippen LogP) is 3.38. The zero-order valence-electron chi connectivity index (χ0n) is 11.6. The van der Waals surface area contributed by atoms with Crippen LogP contribution in [0.25, 0.3) is 10.9 Å². The third kappa shape index (κ3) is 3.09. The Morgan fingerprint density at radius 3 is 2.59 bits per heavy atom. The summed E-state index contributed by atoms with van der Waals surface area (Å²) < 4.78 is 0. The lowest BCUT2D eigenvalue weighted by Gasteiger charge is -2.01. The lowest BCUT2D eigenvalue weighted by Crippen LogP contribution is -1.97. The molecule has 0 bridgehead atoms.